The first kappa shape index (κ1) is 26.2. The fourth-order valence-electron chi connectivity index (χ4n) is 3.32. The predicted octanol–water partition coefficient (Wildman–Crippen LogP) is 6.25. The smallest absolute Gasteiger partial charge is 0.389 e. The Morgan fingerprint density at radius 1 is 1.06 bits per heavy atom. The largest absolute Gasteiger partial charge is 2.00 e. The van der Waals surface area contributed by atoms with E-state index in [9.17, 15) is 18.3 Å². The minimum atomic E-state index is -4.25. The third-order valence-electron chi connectivity index (χ3n) is 4.69. The van der Waals surface area contributed by atoms with Crippen LogP contribution in [0, 0.1) is 44.1 Å². The number of alkyl halides is 3. The molecule has 0 amide bonds. The van der Waals surface area contributed by atoms with Crippen LogP contribution < -0.4 is 0 Å². The Morgan fingerprint density at radius 3 is 2.38 bits per heavy atom. The zero-order chi connectivity index (χ0) is 22.4. The van der Waals surface area contributed by atoms with Crippen molar-refractivity contribution in [2.24, 2.45) is 0 Å². The van der Waals surface area contributed by atoms with E-state index in [1.165, 1.54) is 5.56 Å². The van der Waals surface area contributed by atoms with Gasteiger partial charge < -0.3 is 10.1 Å². The third-order valence-corrected chi connectivity index (χ3v) is 4.69. The van der Waals surface area contributed by atoms with Gasteiger partial charge >= 0.3 is 31.1 Å². The molecule has 1 heterocycles. The number of benzene rings is 3. The summed E-state index contributed by atoms with van der Waals surface area (Å²) in [5, 5.41) is 10.0. The van der Waals surface area contributed by atoms with Crippen LogP contribution in [0.15, 0.2) is 66.7 Å². The number of nitrogens with zero attached hydrogens (tertiary/aromatic N) is 1. The molecule has 1 aromatic heterocycles. The van der Waals surface area contributed by atoms with E-state index in [2.05, 4.69) is 35.3 Å². The van der Waals surface area contributed by atoms with Crippen LogP contribution in [0.4, 0.5) is 13.2 Å². The van der Waals surface area contributed by atoms with Crippen LogP contribution in [-0.4, -0.2) is 21.3 Å². The van der Waals surface area contributed by atoms with Gasteiger partial charge in [0.2, 0.25) is 0 Å². The van der Waals surface area contributed by atoms with Crippen molar-refractivity contribution in [3.05, 3.63) is 96.7 Å². The molecule has 0 aliphatic rings. The van der Waals surface area contributed by atoms with Crippen molar-refractivity contribution in [1.29, 1.82) is 0 Å². The number of hydrogen-bond acceptors (Lipinski definition) is 2. The van der Waals surface area contributed by atoms with E-state index < -0.39 is 12.3 Å². The molecule has 0 radical (unpaired) electrons. The number of aliphatic hydroxyl groups is 1. The molecule has 32 heavy (non-hydrogen) atoms. The second-order valence-corrected chi connectivity index (χ2v) is 7.20. The number of H-pyrrole nitrogens is 1. The number of rotatable bonds is 5. The second kappa shape index (κ2) is 11.7. The van der Waals surface area contributed by atoms with E-state index in [1.807, 2.05) is 42.5 Å². The molecule has 0 saturated heterocycles. The van der Waals surface area contributed by atoms with Crippen molar-refractivity contribution in [3.63, 3.8) is 0 Å². The number of nitrogens with one attached hydrogen (secondary N) is 1. The summed E-state index contributed by atoms with van der Waals surface area (Å²) < 4.78 is 30.7. The van der Waals surface area contributed by atoms with E-state index in [-0.39, 0.29) is 31.1 Å². The Labute approximate surface area is 209 Å². The van der Waals surface area contributed by atoms with E-state index in [1.54, 1.807) is 13.8 Å². The Bertz CT molecular complexity index is 1120. The Morgan fingerprint density at radius 2 is 1.72 bits per heavy atom. The van der Waals surface area contributed by atoms with Crippen molar-refractivity contribution < 1.29 is 49.4 Å². The van der Waals surface area contributed by atoms with Crippen molar-refractivity contribution >= 4 is 11.0 Å². The molecular weight excluding hydrogens is 639 g/mol. The minimum Gasteiger partial charge on any atom is -0.389 e. The first-order valence-corrected chi connectivity index (χ1v) is 9.84. The summed E-state index contributed by atoms with van der Waals surface area (Å²) in [6, 6.07) is 25.3. The molecule has 0 bridgehead atoms. The number of aryl methyl sites for hydroxylation is 2. The van der Waals surface area contributed by atoms with Gasteiger partial charge in [0, 0.05) is 6.42 Å². The fourth-order valence-corrected chi connectivity index (χ4v) is 3.32. The number of fused-ring (bicyclic) bond motifs is 1. The monoisotopic (exact) mass is 662 g/mol. The van der Waals surface area contributed by atoms with Gasteiger partial charge in [0.05, 0.1) is 17.1 Å². The molecule has 0 aliphatic carbocycles. The molecular formula is C25H23F3N2OU. The molecule has 1 atom stereocenters. The second-order valence-electron chi connectivity index (χ2n) is 7.20. The molecule has 164 valence electrons. The SMILES string of the molecule is CC(O)c1ccccc1-c1ccc2nc(CCc3cc[c-]cc3)[nH]c2c1.[CH2-]C(F)(F)F.[U+2]. The molecule has 4 aromatic rings. The number of aliphatic hydroxyl groups excluding tert-OH is 1. The van der Waals surface area contributed by atoms with Crippen molar-refractivity contribution in [1.82, 2.24) is 9.97 Å². The first-order chi connectivity index (χ1) is 14.7. The van der Waals surface area contributed by atoms with Crippen molar-refractivity contribution in [2.45, 2.75) is 32.0 Å². The Balaban J connectivity index is 0.000000548. The quantitative estimate of drug-likeness (QED) is 0.249. The summed E-state index contributed by atoms with van der Waals surface area (Å²) in [7, 11) is 0. The minimum absolute atomic E-state index is 0. The molecule has 3 aromatic carbocycles. The van der Waals surface area contributed by atoms with Crippen LogP contribution in [-0.2, 0) is 12.8 Å². The molecule has 4 rings (SSSR count). The van der Waals surface area contributed by atoms with E-state index in [4.69, 9.17) is 4.98 Å². The zero-order valence-corrected chi connectivity index (χ0v) is 21.7. The number of imidazole rings is 1. The molecule has 0 saturated carbocycles. The topological polar surface area (TPSA) is 48.9 Å². The fraction of sp³-hybridized carbons (Fsp3) is 0.200. The predicted molar refractivity (Wildman–Crippen MR) is 116 cm³/mol. The number of aromatic amines is 1. The molecule has 1 unspecified atom stereocenters. The van der Waals surface area contributed by atoms with Crippen molar-refractivity contribution in [2.75, 3.05) is 0 Å². The van der Waals surface area contributed by atoms with E-state index >= 15 is 0 Å². The van der Waals surface area contributed by atoms with Crippen LogP contribution in [0.25, 0.3) is 22.2 Å². The maximum Gasteiger partial charge on any atom is 2.00 e. The molecule has 2 N–H and O–H groups in total. The third kappa shape index (κ3) is 7.81. The maximum absolute atomic E-state index is 10.2. The van der Waals surface area contributed by atoms with Gasteiger partial charge in [0.15, 0.2) is 0 Å². The average Bonchev–Trinajstić information content (AvgIpc) is 3.14. The van der Waals surface area contributed by atoms with Gasteiger partial charge in [-0.15, -0.1) is 0 Å². The van der Waals surface area contributed by atoms with E-state index in [0.29, 0.717) is 0 Å². The van der Waals surface area contributed by atoms with Crippen LogP contribution in [0.2, 0.25) is 0 Å². The van der Waals surface area contributed by atoms with Crippen LogP contribution >= 0.6 is 0 Å². The number of halogens is 3. The molecule has 7 heteroatoms. The summed E-state index contributed by atoms with van der Waals surface area (Å²) in [6.07, 6.45) is -2.92. The molecule has 0 spiro atoms. The van der Waals surface area contributed by atoms with Crippen molar-refractivity contribution in [3.8, 4) is 11.1 Å². The van der Waals surface area contributed by atoms with Crippen LogP contribution in [0.5, 0.6) is 0 Å². The van der Waals surface area contributed by atoms with Gasteiger partial charge in [-0.05, 0) is 42.2 Å². The van der Waals surface area contributed by atoms with Gasteiger partial charge in [-0.3, -0.25) is 0 Å². The Kier molecular flexibility index (Phi) is 9.57. The summed E-state index contributed by atoms with van der Waals surface area (Å²) in [5.41, 5.74) is 6.37. The van der Waals surface area contributed by atoms with Crippen LogP contribution in [0.1, 0.15) is 30.0 Å². The normalized spacial score (nSPS) is 11.9. The first-order valence-electron chi connectivity index (χ1n) is 9.84. The van der Waals surface area contributed by atoms with E-state index in [0.717, 1.165) is 46.4 Å². The summed E-state index contributed by atoms with van der Waals surface area (Å²) >= 11 is 0. The van der Waals surface area contributed by atoms with Gasteiger partial charge in [-0.1, -0.05) is 30.3 Å². The number of hydrogen-bond donors (Lipinski definition) is 2. The van der Waals surface area contributed by atoms with Gasteiger partial charge in [0.1, 0.15) is 5.82 Å². The molecule has 0 aliphatic heterocycles. The standard InChI is InChI=1S/C23H21N2O.C2H2F3.U/c1-16(26)19-9-5-6-10-20(19)18-12-13-21-22(15-18)25-23(24-21)14-11-17-7-3-2-4-8-17;1-2(3,4)5;/h3-10,12-13,15-16,26H,11,14H2,1H3,(H,24,25);1H2;/q2*-1;+2. The average molecular weight is 662 g/mol. The summed E-state index contributed by atoms with van der Waals surface area (Å²) in [5.74, 6) is 0.994. The Hall–Kier alpha value is -2.07. The maximum atomic E-state index is 10.2. The summed E-state index contributed by atoms with van der Waals surface area (Å²) in [4.78, 5) is 8.15. The number of aromatic nitrogens is 2. The zero-order valence-electron chi connectivity index (χ0n) is 17.6. The van der Waals surface area contributed by atoms with Crippen LogP contribution in [0.3, 0.4) is 0 Å². The van der Waals surface area contributed by atoms with Gasteiger partial charge in [-0.25, -0.2) is 25.1 Å². The molecule has 3 nitrogen and oxygen atoms in total. The van der Waals surface area contributed by atoms with Gasteiger partial charge in [-0.2, -0.15) is 35.9 Å². The molecule has 0 fully saturated rings. The van der Waals surface area contributed by atoms with Gasteiger partial charge in [0.25, 0.3) is 6.18 Å². The summed E-state index contributed by atoms with van der Waals surface area (Å²) in [6.45, 7) is 3.57.